The van der Waals surface area contributed by atoms with Crippen LogP contribution < -0.4 is 10.1 Å². The van der Waals surface area contributed by atoms with Gasteiger partial charge in [-0.15, -0.1) is 0 Å². The molecule has 0 radical (unpaired) electrons. The average Bonchev–Trinajstić information content (AvgIpc) is 3.09. The highest BCUT2D eigenvalue weighted by Crippen LogP contribution is 2.18. The van der Waals surface area contributed by atoms with Crippen molar-refractivity contribution in [1.82, 2.24) is 5.32 Å². The smallest absolute Gasteiger partial charge is 0.119 e. The summed E-state index contributed by atoms with van der Waals surface area (Å²) in [4.78, 5) is 0. The molecule has 1 unspecified atom stereocenters. The molecule has 3 heteroatoms. The molecule has 0 saturated heterocycles. The molecule has 1 aliphatic carbocycles. The largest absolute Gasteiger partial charge is 0.491 e. The van der Waals surface area contributed by atoms with E-state index in [4.69, 9.17) is 4.74 Å². The third-order valence-electron chi connectivity index (χ3n) is 2.68. The summed E-state index contributed by atoms with van der Waals surface area (Å²) in [6.07, 6.45) is 2.05. The molecule has 1 aromatic carbocycles. The lowest BCUT2D eigenvalue weighted by atomic mass is 10.2. The summed E-state index contributed by atoms with van der Waals surface area (Å²) in [5.41, 5.74) is 1.21. The monoisotopic (exact) mass is 221 g/mol. The number of rotatable bonds is 6. The van der Waals surface area contributed by atoms with Crippen LogP contribution in [0.25, 0.3) is 0 Å². The molecule has 0 aromatic heterocycles. The van der Waals surface area contributed by atoms with Crippen molar-refractivity contribution in [2.75, 3.05) is 13.2 Å². The summed E-state index contributed by atoms with van der Waals surface area (Å²) in [7, 11) is 0. The van der Waals surface area contributed by atoms with Gasteiger partial charge in [-0.25, -0.2) is 0 Å². The van der Waals surface area contributed by atoms with Crippen LogP contribution in [0.15, 0.2) is 24.3 Å². The fourth-order valence-electron chi connectivity index (χ4n) is 1.48. The molecule has 1 aromatic rings. The number of aryl methyl sites for hydroxylation is 1. The minimum atomic E-state index is -0.429. The summed E-state index contributed by atoms with van der Waals surface area (Å²) >= 11 is 0. The van der Waals surface area contributed by atoms with Crippen LogP contribution in [0.2, 0.25) is 0 Å². The van der Waals surface area contributed by atoms with Gasteiger partial charge in [0.1, 0.15) is 18.5 Å². The van der Waals surface area contributed by atoms with E-state index in [0.29, 0.717) is 19.2 Å². The number of hydrogen-bond acceptors (Lipinski definition) is 3. The van der Waals surface area contributed by atoms with E-state index in [1.54, 1.807) is 0 Å². The predicted molar refractivity (Wildman–Crippen MR) is 63.7 cm³/mol. The number of hydrogen-bond donors (Lipinski definition) is 2. The van der Waals surface area contributed by atoms with Crippen molar-refractivity contribution in [3.63, 3.8) is 0 Å². The second-order valence-electron chi connectivity index (χ2n) is 4.46. The van der Waals surface area contributed by atoms with E-state index < -0.39 is 6.10 Å². The first kappa shape index (κ1) is 11.4. The summed E-state index contributed by atoms with van der Waals surface area (Å²) < 4.78 is 5.49. The molecular weight excluding hydrogens is 202 g/mol. The van der Waals surface area contributed by atoms with Crippen LogP contribution in [-0.2, 0) is 0 Å². The van der Waals surface area contributed by atoms with Gasteiger partial charge in [0.2, 0.25) is 0 Å². The topological polar surface area (TPSA) is 41.5 Å². The van der Waals surface area contributed by atoms with E-state index in [-0.39, 0.29) is 0 Å². The van der Waals surface area contributed by atoms with Crippen molar-refractivity contribution >= 4 is 0 Å². The SMILES string of the molecule is Cc1ccc(OCC(O)CNC2CC2)cc1. The van der Waals surface area contributed by atoms with Crippen molar-refractivity contribution < 1.29 is 9.84 Å². The Balaban J connectivity index is 1.67. The van der Waals surface area contributed by atoms with Gasteiger partial charge in [0, 0.05) is 12.6 Å². The van der Waals surface area contributed by atoms with Crippen LogP contribution in [0.3, 0.4) is 0 Å². The zero-order valence-electron chi connectivity index (χ0n) is 9.65. The van der Waals surface area contributed by atoms with Gasteiger partial charge < -0.3 is 15.2 Å². The molecule has 0 aliphatic heterocycles. The molecule has 88 valence electrons. The van der Waals surface area contributed by atoms with Gasteiger partial charge in [-0.2, -0.15) is 0 Å². The highest BCUT2D eigenvalue weighted by molar-refractivity contribution is 5.26. The third kappa shape index (κ3) is 3.83. The summed E-state index contributed by atoms with van der Waals surface area (Å²) in [6, 6.07) is 8.50. The molecule has 3 nitrogen and oxygen atoms in total. The maximum Gasteiger partial charge on any atom is 0.119 e. The van der Waals surface area contributed by atoms with Crippen molar-refractivity contribution in [3.05, 3.63) is 29.8 Å². The molecule has 1 saturated carbocycles. The van der Waals surface area contributed by atoms with Gasteiger partial charge in [-0.1, -0.05) is 17.7 Å². The standard InChI is InChI=1S/C13H19NO2/c1-10-2-6-13(7-3-10)16-9-12(15)8-14-11-4-5-11/h2-3,6-7,11-12,14-15H,4-5,8-9H2,1H3. The van der Waals surface area contributed by atoms with E-state index in [9.17, 15) is 5.11 Å². The van der Waals surface area contributed by atoms with Crippen LogP contribution in [0.5, 0.6) is 5.75 Å². The Morgan fingerprint density at radius 2 is 2.06 bits per heavy atom. The molecule has 2 N–H and O–H groups in total. The summed E-state index contributed by atoms with van der Waals surface area (Å²) in [6.45, 7) is 3.01. The Hall–Kier alpha value is -1.06. The molecule has 0 spiro atoms. The molecule has 0 bridgehead atoms. The van der Waals surface area contributed by atoms with Crippen LogP contribution in [0.1, 0.15) is 18.4 Å². The maximum absolute atomic E-state index is 9.65. The van der Waals surface area contributed by atoms with Crippen LogP contribution >= 0.6 is 0 Å². The second kappa shape index (κ2) is 5.32. The quantitative estimate of drug-likeness (QED) is 0.764. The fraction of sp³-hybridized carbons (Fsp3) is 0.538. The lowest BCUT2D eigenvalue weighted by Gasteiger charge is -2.13. The second-order valence-corrected chi connectivity index (χ2v) is 4.46. The lowest BCUT2D eigenvalue weighted by Crippen LogP contribution is -2.32. The minimum absolute atomic E-state index is 0.350. The Morgan fingerprint density at radius 1 is 1.38 bits per heavy atom. The molecule has 2 rings (SSSR count). The lowest BCUT2D eigenvalue weighted by molar-refractivity contribution is 0.106. The normalized spacial score (nSPS) is 17.1. The zero-order chi connectivity index (χ0) is 11.4. The number of aliphatic hydroxyl groups excluding tert-OH is 1. The summed E-state index contributed by atoms with van der Waals surface area (Å²) in [5.74, 6) is 0.816. The minimum Gasteiger partial charge on any atom is -0.491 e. The van der Waals surface area contributed by atoms with Gasteiger partial charge in [-0.05, 0) is 31.9 Å². The van der Waals surface area contributed by atoms with Gasteiger partial charge in [-0.3, -0.25) is 0 Å². The molecule has 1 atom stereocenters. The Labute approximate surface area is 96.4 Å². The number of nitrogens with one attached hydrogen (secondary N) is 1. The van der Waals surface area contributed by atoms with Crippen molar-refractivity contribution in [2.24, 2.45) is 0 Å². The van der Waals surface area contributed by atoms with E-state index in [0.717, 1.165) is 5.75 Å². The predicted octanol–water partition coefficient (Wildman–Crippen LogP) is 1.49. The maximum atomic E-state index is 9.65. The first-order valence-corrected chi connectivity index (χ1v) is 5.85. The van der Waals surface area contributed by atoms with Gasteiger partial charge >= 0.3 is 0 Å². The van der Waals surface area contributed by atoms with E-state index in [2.05, 4.69) is 5.32 Å². The fourth-order valence-corrected chi connectivity index (χ4v) is 1.48. The molecule has 16 heavy (non-hydrogen) atoms. The first-order chi connectivity index (χ1) is 7.74. The van der Waals surface area contributed by atoms with Gasteiger partial charge in [0.25, 0.3) is 0 Å². The highest BCUT2D eigenvalue weighted by atomic mass is 16.5. The molecule has 1 aliphatic rings. The molecule has 0 heterocycles. The first-order valence-electron chi connectivity index (χ1n) is 5.85. The van der Waals surface area contributed by atoms with E-state index in [1.165, 1.54) is 18.4 Å². The molecule has 1 fully saturated rings. The average molecular weight is 221 g/mol. The Bertz CT molecular complexity index is 319. The van der Waals surface area contributed by atoms with Crippen molar-refractivity contribution in [1.29, 1.82) is 0 Å². The van der Waals surface area contributed by atoms with Crippen LogP contribution in [-0.4, -0.2) is 30.4 Å². The van der Waals surface area contributed by atoms with Crippen LogP contribution in [0.4, 0.5) is 0 Å². The summed E-state index contributed by atoms with van der Waals surface area (Å²) in [5, 5.41) is 12.9. The zero-order valence-corrected chi connectivity index (χ0v) is 9.65. The van der Waals surface area contributed by atoms with Crippen LogP contribution in [0, 0.1) is 6.92 Å². The van der Waals surface area contributed by atoms with Gasteiger partial charge in [0.15, 0.2) is 0 Å². The molecular formula is C13H19NO2. The highest BCUT2D eigenvalue weighted by Gasteiger charge is 2.21. The number of benzene rings is 1. The van der Waals surface area contributed by atoms with E-state index >= 15 is 0 Å². The van der Waals surface area contributed by atoms with Crippen molar-refractivity contribution in [2.45, 2.75) is 31.9 Å². The third-order valence-corrected chi connectivity index (χ3v) is 2.68. The van der Waals surface area contributed by atoms with Gasteiger partial charge in [0.05, 0.1) is 0 Å². The van der Waals surface area contributed by atoms with E-state index in [1.807, 2.05) is 31.2 Å². The molecule has 0 amide bonds. The number of aliphatic hydroxyl groups is 1. The Morgan fingerprint density at radius 3 is 2.69 bits per heavy atom. The Kier molecular flexibility index (Phi) is 3.80. The number of ether oxygens (including phenoxy) is 1. The van der Waals surface area contributed by atoms with Crippen molar-refractivity contribution in [3.8, 4) is 5.75 Å².